The third kappa shape index (κ3) is 3.61. The van der Waals surface area contributed by atoms with Crippen molar-refractivity contribution in [2.45, 2.75) is 18.9 Å². The molecule has 1 aromatic rings. The number of piperazine rings is 1. The molecule has 0 spiro atoms. The second-order valence-corrected chi connectivity index (χ2v) is 5.27. The van der Waals surface area contributed by atoms with Gasteiger partial charge >= 0.3 is 0 Å². The molecule has 2 fully saturated rings. The number of hydrogen-bond acceptors (Lipinski definition) is 4. The summed E-state index contributed by atoms with van der Waals surface area (Å²) in [7, 11) is 0. The molecule has 1 aliphatic carbocycles. The van der Waals surface area contributed by atoms with Crippen LogP contribution >= 0.6 is 0 Å². The highest BCUT2D eigenvalue weighted by molar-refractivity contribution is 5.51. The molecule has 1 saturated heterocycles. The van der Waals surface area contributed by atoms with Crippen molar-refractivity contribution in [1.29, 1.82) is 0 Å². The fourth-order valence-corrected chi connectivity index (χ4v) is 2.35. The van der Waals surface area contributed by atoms with Gasteiger partial charge in [0.2, 0.25) is 0 Å². The molecule has 1 aromatic carbocycles. The lowest BCUT2D eigenvalue weighted by Crippen LogP contribution is -2.43. The van der Waals surface area contributed by atoms with Crippen molar-refractivity contribution in [3.8, 4) is 5.75 Å². The SMILES string of the molecule is Fc1cc(OCCOC2CC2)ccc1N1CCNCC1. The monoisotopic (exact) mass is 280 g/mol. The molecular formula is C15H21FN2O2. The van der Waals surface area contributed by atoms with E-state index in [1.54, 1.807) is 6.07 Å². The Morgan fingerprint density at radius 1 is 1.20 bits per heavy atom. The zero-order valence-corrected chi connectivity index (χ0v) is 11.6. The van der Waals surface area contributed by atoms with Crippen LogP contribution < -0.4 is 15.0 Å². The van der Waals surface area contributed by atoms with Crippen LogP contribution in [0.1, 0.15) is 12.8 Å². The Balaban J connectivity index is 1.52. The van der Waals surface area contributed by atoms with E-state index in [9.17, 15) is 4.39 Å². The lowest BCUT2D eigenvalue weighted by atomic mass is 10.2. The standard InChI is InChI=1S/C15H21FN2O2/c16-14-11-13(20-10-9-19-12-1-2-12)3-4-15(14)18-7-5-17-6-8-18/h3-4,11-12,17H,1-2,5-10H2. The van der Waals surface area contributed by atoms with Gasteiger partial charge < -0.3 is 19.7 Å². The van der Waals surface area contributed by atoms with Crippen LogP contribution in [0, 0.1) is 5.82 Å². The van der Waals surface area contributed by atoms with Crippen molar-refractivity contribution in [2.75, 3.05) is 44.3 Å². The van der Waals surface area contributed by atoms with Crippen LogP contribution in [-0.4, -0.2) is 45.5 Å². The maximum atomic E-state index is 14.1. The molecule has 1 saturated carbocycles. The van der Waals surface area contributed by atoms with E-state index in [-0.39, 0.29) is 5.82 Å². The molecular weight excluding hydrogens is 259 g/mol. The number of rotatable bonds is 6. The molecule has 0 bridgehead atoms. The van der Waals surface area contributed by atoms with E-state index in [2.05, 4.69) is 10.2 Å². The number of nitrogens with zero attached hydrogens (tertiary/aromatic N) is 1. The molecule has 0 amide bonds. The number of halogens is 1. The predicted molar refractivity (Wildman–Crippen MR) is 76.0 cm³/mol. The third-order valence-corrected chi connectivity index (χ3v) is 3.61. The quantitative estimate of drug-likeness (QED) is 0.806. The van der Waals surface area contributed by atoms with Gasteiger partial charge in [0, 0.05) is 32.2 Å². The minimum Gasteiger partial charge on any atom is -0.491 e. The van der Waals surface area contributed by atoms with E-state index in [1.165, 1.54) is 6.07 Å². The summed E-state index contributed by atoms with van der Waals surface area (Å²) in [5.41, 5.74) is 0.660. The summed E-state index contributed by atoms with van der Waals surface area (Å²) in [6.45, 7) is 4.53. The first-order chi connectivity index (χ1) is 9.83. The summed E-state index contributed by atoms with van der Waals surface area (Å²) in [4.78, 5) is 2.06. The Morgan fingerprint density at radius 3 is 2.70 bits per heavy atom. The Hall–Kier alpha value is -1.33. The van der Waals surface area contributed by atoms with Gasteiger partial charge in [-0.1, -0.05) is 0 Å². The molecule has 20 heavy (non-hydrogen) atoms. The summed E-state index contributed by atoms with van der Waals surface area (Å²) < 4.78 is 25.1. The van der Waals surface area contributed by atoms with E-state index in [1.807, 2.05) is 6.07 Å². The second-order valence-electron chi connectivity index (χ2n) is 5.27. The Kier molecular flexibility index (Phi) is 4.38. The van der Waals surface area contributed by atoms with Gasteiger partial charge in [-0.15, -0.1) is 0 Å². The van der Waals surface area contributed by atoms with Gasteiger partial charge in [-0.05, 0) is 25.0 Å². The van der Waals surface area contributed by atoms with Crippen molar-refractivity contribution < 1.29 is 13.9 Å². The van der Waals surface area contributed by atoms with Crippen molar-refractivity contribution in [3.63, 3.8) is 0 Å². The van der Waals surface area contributed by atoms with Gasteiger partial charge in [0.1, 0.15) is 18.2 Å². The zero-order valence-electron chi connectivity index (χ0n) is 11.6. The smallest absolute Gasteiger partial charge is 0.150 e. The van der Waals surface area contributed by atoms with Crippen molar-refractivity contribution in [2.24, 2.45) is 0 Å². The molecule has 4 nitrogen and oxygen atoms in total. The van der Waals surface area contributed by atoms with Crippen LogP contribution in [-0.2, 0) is 4.74 Å². The number of hydrogen-bond donors (Lipinski definition) is 1. The van der Waals surface area contributed by atoms with Gasteiger partial charge in [0.15, 0.2) is 0 Å². The number of ether oxygens (including phenoxy) is 2. The van der Waals surface area contributed by atoms with Gasteiger partial charge in [-0.25, -0.2) is 4.39 Å². The van der Waals surface area contributed by atoms with E-state index >= 15 is 0 Å². The largest absolute Gasteiger partial charge is 0.491 e. The number of anilines is 1. The first-order valence-corrected chi connectivity index (χ1v) is 7.32. The minimum atomic E-state index is -0.215. The van der Waals surface area contributed by atoms with Crippen LogP contribution in [0.4, 0.5) is 10.1 Å². The molecule has 1 heterocycles. The highest BCUT2D eigenvalue weighted by Crippen LogP contribution is 2.25. The molecule has 2 aliphatic rings. The highest BCUT2D eigenvalue weighted by atomic mass is 19.1. The molecule has 0 aromatic heterocycles. The maximum absolute atomic E-state index is 14.1. The molecule has 0 unspecified atom stereocenters. The molecule has 1 aliphatic heterocycles. The van der Waals surface area contributed by atoms with E-state index in [0.29, 0.717) is 30.8 Å². The topological polar surface area (TPSA) is 33.7 Å². The van der Waals surface area contributed by atoms with Crippen LogP contribution in [0.3, 0.4) is 0 Å². The number of benzene rings is 1. The molecule has 3 rings (SSSR count). The zero-order chi connectivity index (χ0) is 13.8. The third-order valence-electron chi connectivity index (χ3n) is 3.61. The summed E-state index contributed by atoms with van der Waals surface area (Å²) >= 11 is 0. The van der Waals surface area contributed by atoms with Crippen molar-refractivity contribution in [1.82, 2.24) is 5.32 Å². The van der Waals surface area contributed by atoms with E-state index < -0.39 is 0 Å². The van der Waals surface area contributed by atoms with E-state index in [0.717, 1.165) is 39.0 Å². The van der Waals surface area contributed by atoms with Crippen molar-refractivity contribution >= 4 is 5.69 Å². The first kappa shape index (κ1) is 13.6. The van der Waals surface area contributed by atoms with Gasteiger partial charge in [0.25, 0.3) is 0 Å². The van der Waals surface area contributed by atoms with Gasteiger partial charge in [0.05, 0.1) is 18.4 Å². The molecule has 0 atom stereocenters. The normalized spacial score (nSPS) is 19.1. The predicted octanol–water partition coefficient (Wildman–Crippen LogP) is 1.79. The Bertz CT molecular complexity index is 445. The Morgan fingerprint density at radius 2 is 2.00 bits per heavy atom. The summed E-state index contributed by atoms with van der Waals surface area (Å²) in [5, 5.41) is 3.26. The first-order valence-electron chi connectivity index (χ1n) is 7.32. The lowest BCUT2D eigenvalue weighted by molar-refractivity contribution is 0.0880. The van der Waals surface area contributed by atoms with Crippen LogP contribution in [0.25, 0.3) is 0 Å². The molecule has 5 heteroatoms. The van der Waals surface area contributed by atoms with Gasteiger partial charge in [-0.2, -0.15) is 0 Å². The van der Waals surface area contributed by atoms with Crippen LogP contribution in [0.5, 0.6) is 5.75 Å². The Labute approximate surface area is 118 Å². The fourth-order valence-electron chi connectivity index (χ4n) is 2.35. The lowest BCUT2D eigenvalue weighted by Gasteiger charge is -2.29. The second kappa shape index (κ2) is 6.41. The molecule has 0 radical (unpaired) electrons. The average Bonchev–Trinajstić information content (AvgIpc) is 3.29. The summed E-state index contributed by atoms with van der Waals surface area (Å²) in [6, 6.07) is 5.10. The van der Waals surface area contributed by atoms with Crippen LogP contribution in [0.15, 0.2) is 18.2 Å². The van der Waals surface area contributed by atoms with E-state index in [4.69, 9.17) is 9.47 Å². The number of nitrogens with one attached hydrogen (secondary N) is 1. The highest BCUT2D eigenvalue weighted by Gasteiger charge is 2.21. The average molecular weight is 280 g/mol. The summed E-state index contributed by atoms with van der Waals surface area (Å²) in [6.07, 6.45) is 2.76. The van der Waals surface area contributed by atoms with Gasteiger partial charge in [-0.3, -0.25) is 0 Å². The summed E-state index contributed by atoms with van der Waals surface area (Å²) in [5.74, 6) is 0.355. The fraction of sp³-hybridized carbons (Fsp3) is 0.600. The molecule has 1 N–H and O–H groups in total. The molecule has 110 valence electrons. The van der Waals surface area contributed by atoms with Crippen LogP contribution in [0.2, 0.25) is 0 Å². The minimum absolute atomic E-state index is 0.215. The van der Waals surface area contributed by atoms with Crippen molar-refractivity contribution in [3.05, 3.63) is 24.0 Å². The maximum Gasteiger partial charge on any atom is 0.150 e.